The first-order chi connectivity index (χ1) is 10.1. The maximum Gasteiger partial charge on any atom is 0.227 e. The first-order valence-electron chi connectivity index (χ1n) is 7.07. The molecule has 5 heteroatoms. The van der Waals surface area contributed by atoms with Crippen LogP contribution in [0.2, 0.25) is 5.02 Å². The molecule has 0 saturated heterocycles. The molecule has 21 heavy (non-hydrogen) atoms. The highest BCUT2D eigenvalue weighted by Gasteiger charge is 2.32. The molecular formula is C16H17ClN2OS. The summed E-state index contributed by atoms with van der Waals surface area (Å²) in [6.07, 6.45) is 2.61. The highest BCUT2D eigenvalue weighted by molar-refractivity contribution is 7.09. The van der Waals surface area contributed by atoms with Crippen molar-refractivity contribution in [2.24, 2.45) is 0 Å². The quantitative estimate of drug-likeness (QED) is 0.838. The Bertz CT molecular complexity index is 651. The zero-order valence-electron chi connectivity index (χ0n) is 11.9. The second-order valence-electron chi connectivity index (χ2n) is 5.42. The molecule has 1 saturated carbocycles. The zero-order valence-corrected chi connectivity index (χ0v) is 13.5. The van der Waals surface area contributed by atoms with Gasteiger partial charge < -0.3 is 4.90 Å². The van der Waals surface area contributed by atoms with Crippen molar-refractivity contribution in [3.8, 4) is 0 Å². The Morgan fingerprint density at radius 2 is 2.29 bits per heavy atom. The summed E-state index contributed by atoms with van der Waals surface area (Å²) in [5.74, 6) is 0.158. The molecule has 2 aromatic rings. The van der Waals surface area contributed by atoms with Gasteiger partial charge in [0.1, 0.15) is 0 Å². The molecule has 0 bridgehead atoms. The van der Waals surface area contributed by atoms with Gasteiger partial charge in [0.05, 0.1) is 23.7 Å². The summed E-state index contributed by atoms with van der Waals surface area (Å²) >= 11 is 7.61. The monoisotopic (exact) mass is 320 g/mol. The average molecular weight is 321 g/mol. The molecule has 0 radical (unpaired) electrons. The number of carbonyl (C=O) groups excluding carboxylic acids is 1. The van der Waals surface area contributed by atoms with Crippen LogP contribution in [0.4, 0.5) is 0 Å². The fraction of sp³-hybridized carbons (Fsp3) is 0.375. The second-order valence-corrected chi connectivity index (χ2v) is 6.92. The molecule has 1 aliphatic carbocycles. The lowest BCUT2D eigenvalue weighted by atomic mass is 10.1. The molecule has 0 aliphatic heterocycles. The summed E-state index contributed by atoms with van der Waals surface area (Å²) < 4.78 is 0. The predicted molar refractivity (Wildman–Crippen MR) is 85.6 cm³/mol. The minimum Gasteiger partial charge on any atom is -0.333 e. The van der Waals surface area contributed by atoms with E-state index in [1.165, 1.54) is 0 Å². The summed E-state index contributed by atoms with van der Waals surface area (Å²) in [4.78, 5) is 19.0. The van der Waals surface area contributed by atoms with Gasteiger partial charge in [-0.25, -0.2) is 4.98 Å². The van der Waals surface area contributed by atoms with E-state index in [1.807, 2.05) is 41.5 Å². The minimum atomic E-state index is 0.158. The van der Waals surface area contributed by atoms with Crippen LogP contribution < -0.4 is 0 Å². The molecule has 3 nitrogen and oxygen atoms in total. The van der Waals surface area contributed by atoms with E-state index < -0.39 is 0 Å². The number of amides is 1. The fourth-order valence-corrected chi connectivity index (χ4v) is 3.20. The third kappa shape index (κ3) is 3.83. The van der Waals surface area contributed by atoms with E-state index in [4.69, 9.17) is 11.6 Å². The van der Waals surface area contributed by atoms with Crippen molar-refractivity contribution in [1.82, 2.24) is 9.88 Å². The number of benzene rings is 1. The lowest BCUT2D eigenvalue weighted by molar-refractivity contribution is -0.131. The van der Waals surface area contributed by atoms with Crippen LogP contribution in [-0.4, -0.2) is 21.8 Å². The third-order valence-corrected chi connectivity index (χ3v) is 4.61. The standard InChI is InChI=1S/C16H17ClN2OS/c1-11-18-14(10-21-11)9-19(15-5-6-15)16(20)8-12-3-2-4-13(17)7-12/h2-4,7,10,15H,5-6,8-9H2,1H3. The van der Waals surface area contributed by atoms with Crippen molar-refractivity contribution in [1.29, 1.82) is 0 Å². The largest absolute Gasteiger partial charge is 0.333 e. The molecule has 0 N–H and O–H groups in total. The van der Waals surface area contributed by atoms with Crippen LogP contribution >= 0.6 is 22.9 Å². The Kier molecular flexibility index (Phi) is 4.27. The molecule has 3 rings (SSSR count). The first kappa shape index (κ1) is 14.5. The predicted octanol–water partition coefficient (Wildman–Crippen LogP) is 3.84. The summed E-state index contributed by atoms with van der Waals surface area (Å²) in [6, 6.07) is 7.90. The molecule has 0 spiro atoms. The first-order valence-corrected chi connectivity index (χ1v) is 8.32. The Balaban J connectivity index is 1.70. The van der Waals surface area contributed by atoms with Crippen LogP contribution in [0.25, 0.3) is 0 Å². The number of halogens is 1. The van der Waals surface area contributed by atoms with Gasteiger partial charge in [-0.2, -0.15) is 0 Å². The van der Waals surface area contributed by atoms with E-state index >= 15 is 0 Å². The average Bonchev–Trinajstić information content (AvgIpc) is 3.19. The van der Waals surface area contributed by atoms with E-state index in [0.29, 0.717) is 24.0 Å². The summed E-state index contributed by atoms with van der Waals surface area (Å²) in [5.41, 5.74) is 1.96. The lowest BCUT2D eigenvalue weighted by Gasteiger charge is -2.21. The van der Waals surface area contributed by atoms with Gasteiger partial charge in [0, 0.05) is 16.4 Å². The number of nitrogens with zero attached hydrogens (tertiary/aromatic N) is 2. The van der Waals surface area contributed by atoms with Gasteiger partial charge in [0.15, 0.2) is 0 Å². The molecule has 1 heterocycles. The number of aromatic nitrogens is 1. The highest BCUT2D eigenvalue weighted by Crippen LogP contribution is 2.29. The highest BCUT2D eigenvalue weighted by atomic mass is 35.5. The molecular weight excluding hydrogens is 304 g/mol. The zero-order chi connectivity index (χ0) is 14.8. The molecule has 1 aromatic carbocycles. The number of hydrogen-bond donors (Lipinski definition) is 0. The minimum absolute atomic E-state index is 0.158. The van der Waals surface area contributed by atoms with Crippen molar-refractivity contribution in [3.63, 3.8) is 0 Å². The van der Waals surface area contributed by atoms with Crippen LogP contribution in [-0.2, 0) is 17.8 Å². The molecule has 110 valence electrons. The molecule has 1 aromatic heterocycles. The van der Waals surface area contributed by atoms with Gasteiger partial charge in [-0.3, -0.25) is 4.79 Å². The van der Waals surface area contributed by atoms with E-state index in [0.717, 1.165) is 29.1 Å². The van der Waals surface area contributed by atoms with Crippen molar-refractivity contribution >= 4 is 28.8 Å². The van der Waals surface area contributed by atoms with Crippen LogP contribution in [0.3, 0.4) is 0 Å². The molecule has 1 aliphatic rings. The molecule has 1 fully saturated rings. The molecule has 1 amide bonds. The van der Waals surface area contributed by atoms with Gasteiger partial charge in [-0.15, -0.1) is 11.3 Å². The van der Waals surface area contributed by atoms with Gasteiger partial charge in [0.25, 0.3) is 0 Å². The van der Waals surface area contributed by atoms with Crippen molar-refractivity contribution in [2.75, 3.05) is 0 Å². The maximum absolute atomic E-state index is 12.6. The third-order valence-electron chi connectivity index (χ3n) is 3.55. The summed E-state index contributed by atoms with van der Waals surface area (Å²) in [5, 5.41) is 3.76. The Labute approximate surface area is 133 Å². The number of aryl methyl sites for hydroxylation is 1. The summed E-state index contributed by atoms with van der Waals surface area (Å²) in [6.45, 7) is 2.61. The SMILES string of the molecule is Cc1nc(CN(C(=O)Cc2cccc(Cl)c2)C2CC2)cs1. The number of carbonyl (C=O) groups is 1. The Morgan fingerprint density at radius 1 is 1.48 bits per heavy atom. The van der Waals surface area contributed by atoms with Crippen molar-refractivity contribution in [2.45, 2.75) is 38.8 Å². The van der Waals surface area contributed by atoms with Gasteiger partial charge in [-0.05, 0) is 37.5 Å². The van der Waals surface area contributed by atoms with Gasteiger partial charge >= 0.3 is 0 Å². The smallest absolute Gasteiger partial charge is 0.227 e. The topological polar surface area (TPSA) is 33.2 Å². The van der Waals surface area contributed by atoms with Crippen molar-refractivity contribution < 1.29 is 4.79 Å². The Hall–Kier alpha value is -1.39. The van der Waals surface area contributed by atoms with Crippen LogP contribution in [0.5, 0.6) is 0 Å². The van der Waals surface area contributed by atoms with Gasteiger partial charge in [-0.1, -0.05) is 23.7 Å². The summed E-state index contributed by atoms with van der Waals surface area (Å²) in [7, 11) is 0. The second kappa shape index (κ2) is 6.16. The molecule has 0 atom stereocenters. The number of thiazole rings is 1. The van der Waals surface area contributed by atoms with E-state index in [9.17, 15) is 4.79 Å². The number of hydrogen-bond acceptors (Lipinski definition) is 3. The maximum atomic E-state index is 12.6. The van der Waals surface area contributed by atoms with Crippen molar-refractivity contribution in [3.05, 3.63) is 50.9 Å². The van der Waals surface area contributed by atoms with E-state index in [-0.39, 0.29) is 5.91 Å². The lowest BCUT2D eigenvalue weighted by Crippen LogP contribution is -2.33. The van der Waals surface area contributed by atoms with Crippen LogP contribution in [0.15, 0.2) is 29.6 Å². The normalized spacial score (nSPS) is 14.2. The van der Waals surface area contributed by atoms with Crippen LogP contribution in [0.1, 0.15) is 29.1 Å². The fourth-order valence-electron chi connectivity index (χ4n) is 2.39. The molecule has 0 unspecified atom stereocenters. The van der Waals surface area contributed by atoms with Gasteiger partial charge in [0.2, 0.25) is 5.91 Å². The van der Waals surface area contributed by atoms with E-state index in [1.54, 1.807) is 11.3 Å². The Morgan fingerprint density at radius 3 is 2.90 bits per heavy atom. The van der Waals surface area contributed by atoms with E-state index in [2.05, 4.69) is 4.98 Å². The number of rotatable bonds is 5. The van der Waals surface area contributed by atoms with Crippen LogP contribution in [0, 0.1) is 6.92 Å².